The second-order valence-corrected chi connectivity index (χ2v) is 4.79. The Balaban J connectivity index is 2.09. The third-order valence-electron chi connectivity index (χ3n) is 2.45. The molecule has 0 spiro atoms. The van der Waals surface area contributed by atoms with Crippen LogP contribution in [0.1, 0.15) is 15.2 Å². The Bertz CT molecular complexity index is 575. The molecule has 2 rings (SSSR count). The number of carbonyl (C=O) groups is 2. The third kappa shape index (κ3) is 3.42. The van der Waals surface area contributed by atoms with Gasteiger partial charge in [-0.2, -0.15) is 0 Å². The second kappa shape index (κ2) is 6.15. The van der Waals surface area contributed by atoms with Gasteiger partial charge in [-0.3, -0.25) is 9.59 Å². The van der Waals surface area contributed by atoms with Gasteiger partial charge in [-0.05, 0) is 29.6 Å². The van der Waals surface area contributed by atoms with Gasteiger partial charge < -0.3 is 9.47 Å². The summed E-state index contributed by atoms with van der Waals surface area (Å²) < 4.78 is 10.3. The molecule has 2 aromatic rings. The molecule has 0 aliphatic carbocycles. The largest absolute Gasteiger partial charge is 0.493 e. The predicted octanol–water partition coefficient (Wildman–Crippen LogP) is 2.72. The fraction of sp³-hybridized carbons (Fsp3) is 0.143. The number of ether oxygens (including phenoxy) is 2. The lowest BCUT2D eigenvalue weighted by atomic mass is 10.2. The molecule has 0 atom stereocenters. The Morgan fingerprint density at radius 3 is 2.79 bits per heavy atom. The highest BCUT2D eigenvalue weighted by molar-refractivity contribution is 7.10. The average Bonchev–Trinajstić information content (AvgIpc) is 2.91. The van der Waals surface area contributed by atoms with E-state index in [-0.39, 0.29) is 12.4 Å². The van der Waals surface area contributed by atoms with Crippen molar-refractivity contribution in [2.24, 2.45) is 0 Å². The number of esters is 1. The Labute approximate surface area is 114 Å². The maximum absolute atomic E-state index is 11.8. The molecule has 98 valence electrons. The van der Waals surface area contributed by atoms with Gasteiger partial charge in [0, 0.05) is 10.4 Å². The van der Waals surface area contributed by atoms with E-state index in [1.54, 1.807) is 12.1 Å². The summed E-state index contributed by atoms with van der Waals surface area (Å²) in [5, 5.41) is 1.90. The molecule has 0 fully saturated rings. The fourth-order valence-electron chi connectivity index (χ4n) is 1.56. The van der Waals surface area contributed by atoms with Crippen LogP contribution in [-0.2, 0) is 11.2 Å². The van der Waals surface area contributed by atoms with Crippen molar-refractivity contribution >= 4 is 23.6 Å². The van der Waals surface area contributed by atoms with E-state index in [4.69, 9.17) is 9.47 Å². The molecule has 0 aliphatic heterocycles. The normalized spacial score (nSPS) is 9.95. The number of hydrogen-bond donors (Lipinski definition) is 0. The van der Waals surface area contributed by atoms with Crippen LogP contribution in [0.2, 0.25) is 0 Å². The third-order valence-corrected chi connectivity index (χ3v) is 3.32. The summed E-state index contributed by atoms with van der Waals surface area (Å²) in [7, 11) is 1.46. The minimum absolute atomic E-state index is 0.219. The molecular formula is C14H12O4S. The minimum atomic E-state index is -0.361. The van der Waals surface area contributed by atoms with Crippen molar-refractivity contribution < 1.29 is 19.1 Å². The molecule has 1 heterocycles. The zero-order chi connectivity index (χ0) is 13.7. The van der Waals surface area contributed by atoms with Crippen molar-refractivity contribution in [2.75, 3.05) is 7.11 Å². The summed E-state index contributed by atoms with van der Waals surface area (Å²) in [5.41, 5.74) is 0.468. The second-order valence-electron chi connectivity index (χ2n) is 3.76. The zero-order valence-corrected chi connectivity index (χ0v) is 11.1. The van der Waals surface area contributed by atoms with Gasteiger partial charge in [0.25, 0.3) is 0 Å². The smallest absolute Gasteiger partial charge is 0.316 e. The lowest BCUT2D eigenvalue weighted by Crippen LogP contribution is -2.11. The molecule has 0 saturated heterocycles. The molecule has 0 aliphatic rings. The number of thiophene rings is 1. The lowest BCUT2D eigenvalue weighted by molar-refractivity contribution is -0.133. The van der Waals surface area contributed by atoms with Crippen molar-refractivity contribution in [1.29, 1.82) is 0 Å². The first kappa shape index (κ1) is 13.3. The Morgan fingerprint density at radius 2 is 2.16 bits per heavy atom. The summed E-state index contributed by atoms with van der Waals surface area (Å²) >= 11 is 1.50. The van der Waals surface area contributed by atoms with Crippen molar-refractivity contribution in [2.45, 2.75) is 6.42 Å². The molecule has 0 bridgehead atoms. The molecule has 0 saturated carbocycles. The van der Waals surface area contributed by atoms with Gasteiger partial charge in [0.2, 0.25) is 0 Å². The molecular weight excluding hydrogens is 264 g/mol. The van der Waals surface area contributed by atoms with E-state index < -0.39 is 0 Å². The minimum Gasteiger partial charge on any atom is -0.493 e. The van der Waals surface area contributed by atoms with Gasteiger partial charge in [-0.15, -0.1) is 11.3 Å². The van der Waals surface area contributed by atoms with Crippen LogP contribution >= 0.6 is 11.3 Å². The maximum Gasteiger partial charge on any atom is 0.316 e. The first-order chi connectivity index (χ1) is 9.22. The molecule has 0 N–H and O–H groups in total. The highest BCUT2D eigenvalue weighted by Crippen LogP contribution is 2.28. The van der Waals surface area contributed by atoms with Gasteiger partial charge in [-0.25, -0.2) is 0 Å². The molecule has 4 nitrogen and oxygen atoms in total. The Morgan fingerprint density at radius 1 is 1.32 bits per heavy atom. The standard InChI is InChI=1S/C14H12O4S/c1-17-13-7-10(9-15)4-5-12(13)18-14(16)8-11-3-2-6-19-11/h2-7,9H,8H2,1H3. The topological polar surface area (TPSA) is 52.6 Å². The van der Waals surface area contributed by atoms with E-state index in [0.717, 1.165) is 4.88 Å². The summed E-state index contributed by atoms with van der Waals surface area (Å²) in [6, 6.07) is 8.41. The van der Waals surface area contributed by atoms with E-state index >= 15 is 0 Å². The van der Waals surface area contributed by atoms with Gasteiger partial charge >= 0.3 is 5.97 Å². The average molecular weight is 276 g/mol. The molecule has 5 heteroatoms. The first-order valence-electron chi connectivity index (χ1n) is 5.59. The first-order valence-corrected chi connectivity index (χ1v) is 6.47. The predicted molar refractivity (Wildman–Crippen MR) is 72.0 cm³/mol. The summed E-state index contributed by atoms with van der Waals surface area (Å²) in [6.45, 7) is 0. The van der Waals surface area contributed by atoms with Crippen molar-refractivity contribution in [3.8, 4) is 11.5 Å². The summed E-state index contributed by atoms with van der Waals surface area (Å²) in [5.74, 6) is 0.318. The van der Waals surface area contributed by atoms with E-state index in [1.165, 1.54) is 24.5 Å². The van der Waals surface area contributed by atoms with E-state index in [0.29, 0.717) is 23.3 Å². The van der Waals surface area contributed by atoms with Gasteiger partial charge in [0.1, 0.15) is 6.29 Å². The maximum atomic E-state index is 11.8. The van der Waals surface area contributed by atoms with Crippen LogP contribution in [0, 0.1) is 0 Å². The molecule has 0 amide bonds. The van der Waals surface area contributed by atoms with Crippen LogP contribution in [0.5, 0.6) is 11.5 Å². The van der Waals surface area contributed by atoms with E-state index in [9.17, 15) is 9.59 Å². The number of hydrogen-bond acceptors (Lipinski definition) is 5. The Kier molecular flexibility index (Phi) is 4.30. The van der Waals surface area contributed by atoms with Gasteiger partial charge in [0.15, 0.2) is 11.5 Å². The molecule has 1 aromatic heterocycles. The number of aldehydes is 1. The summed E-state index contributed by atoms with van der Waals surface area (Å²) in [4.78, 5) is 23.4. The van der Waals surface area contributed by atoms with Crippen molar-refractivity contribution in [1.82, 2.24) is 0 Å². The van der Waals surface area contributed by atoms with Crippen molar-refractivity contribution in [3.63, 3.8) is 0 Å². The molecule has 0 radical (unpaired) electrons. The van der Waals surface area contributed by atoms with Gasteiger partial charge in [0.05, 0.1) is 13.5 Å². The van der Waals surface area contributed by atoms with Gasteiger partial charge in [-0.1, -0.05) is 6.07 Å². The molecule has 19 heavy (non-hydrogen) atoms. The highest BCUT2D eigenvalue weighted by atomic mass is 32.1. The SMILES string of the molecule is COc1cc(C=O)ccc1OC(=O)Cc1cccs1. The van der Waals surface area contributed by atoms with Crippen LogP contribution in [0.25, 0.3) is 0 Å². The number of rotatable bonds is 5. The number of benzene rings is 1. The number of carbonyl (C=O) groups excluding carboxylic acids is 2. The van der Waals surface area contributed by atoms with Crippen LogP contribution in [0.15, 0.2) is 35.7 Å². The fourth-order valence-corrected chi connectivity index (χ4v) is 2.25. The van der Waals surface area contributed by atoms with Crippen LogP contribution in [0.3, 0.4) is 0 Å². The molecule has 1 aromatic carbocycles. The summed E-state index contributed by atoms with van der Waals surface area (Å²) in [6.07, 6.45) is 0.927. The zero-order valence-electron chi connectivity index (χ0n) is 10.3. The van der Waals surface area contributed by atoms with E-state index in [2.05, 4.69) is 0 Å². The van der Waals surface area contributed by atoms with Crippen molar-refractivity contribution in [3.05, 3.63) is 46.2 Å². The van der Waals surface area contributed by atoms with E-state index in [1.807, 2.05) is 17.5 Å². The quantitative estimate of drug-likeness (QED) is 0.478. The van der Waals surface area contributed by atoms with Crippen LogP contribution in [-0.4, -0.2) is 19.4 Å². The van der Waals surface area contributed by atoms with Crippen LogP contribution < -0.4 is 9.47 Å². The highest BCUT2D eigenvalue weighted by Gasteiger charge is 2.11. The molecule has 0 unspecified atom stereocenters. The lowest BCUT2D eigenvalue weighted by Gasteiger charge is -2.09. The monoisotopic (exact) mass is 276 g/mol. The van der Waals surface area contributed by atoms with Crippen LogP contribution in [0.4, 0.5) is 0 Å². The number of methoxy groups -OCH3 is 1. The Hall–Kier alpha value is -2.14.